The minimum atomic E-state index is 0.434. The molecule has 20 heavy (non-hydrogen) atoms. The maximum absolute atomic E-state index is 6.21. The molecule has 2 aliphatic rings. The molecule has 2 fully saturated rings. The summed E-state index contributed by atoms with van der Waals surface area (Å²) >= 11 is 0. The number of hydrogen-bond donors (Lipinski definition) is 1. The van der Waals surface area contributed by atoms with Crippen molar-refractivity contribution in [2.45, 2.75) is 38.8 Å². The van der Waals surface area contributed by atoms with Gasteiger partial charge in [-0.15, -0.1) is 0 Å². The fourth-order valence-electron chi connectivity index (χ4n) is 3.74. The van der Waals surface area contributed by atoms with Gasteiger partial charge in [-0.05, 0) is 48.8 Å². The largest absolute Gasteiger partial charge is 0.494 e. The highest BCUT2D eigenvalue weighted by molar-refractivity contribution is 5.28. The molecule has 1 saturated carbocycles. The molecule has 0 amide bonds. The molecule has 3 heteroatoms. The number of rotatable bonds is 5. The Morgan fingerprint density at radius 1 is 1.30 bits per heavy atom. The Balaban J connectivity index is 1.58. The lowest BCUT2D eigenvalue weighted by molar-refractivity contribution is 0.295. The Kier molecular flexibility index (Phi) is 4.27. The Bertz CT molecular complexity index is 448. The molecule has 1 heterocycles. The molecule has 1 saturated heterocycles. The summed E-state index contributed by atoms with van der Waals surface area (Å²) in [5, 5.41) is 0. The van der Waals surface area contributed by atoms with Gasteiger partial charge in [0.1, 0.15) is 5.75 Å². The quantitative estimate of drug-likeness (QED) is 0.897. The van der Waals surface area contributed by atoms with Crippen molar-refractivity contribution in [3.8, 4) is 5.75 Å². The van der Waals surface area contributed by atoms with E-state index in [1.807, 2.05) is 6.07 Å². The number of hydrogen-bond acceptors (Lipinski definition) is 3. The van der Waals surface area contributed by atoms with Crippen LogP contribution in [0, 0.1) is 11.8 Å². The lowest BCUT2D eigenvalue weighted by Gasteiger charge is -2.18. The SMILES string of the molecule is CCCOc1cccc(CN2CC3CCC(N)C3C2)c1. The van der Waals surface area contributed by atoms with Crippen molar-refractivity contribution in [2.24, 2.45) is 17.6 Å². The molecule has 1 aromatic rings. The second-order valence-corrected chi connectivity index (χ2v) is 6.36. The maximum Gasteiger partial charge on any atom is 0.119 e. The van der Waals surface area contributed by atoms with Crippen LogP contribution in [0.5, 0.6) is 5.75 Å². The fourth-order valence-corrected chi connectivity index (χ4v) is 3.74. The van der Waals surface area contributed by atoms with Gasteiger partial charge in [0.2, 0.25) is 0 Å². The topological polar surface area (TPSA) is 38.5 Å². The van der Waals surface area contributed by atoms with Crippen LogP contribution < -0.4 is 10.5 Å². The number of likely N-dealkylation sites (tertiary alicyclic amines) is 1. The smallest absolute Gasteiger partial charge is 0.119 e. The predicted octanol–water partition coefficient (Wildman–Crippen LogP) is 2.64. The van der Waals surface area contributed by atoms with Crippen molar-refractivity contribution < 1.29 is 4.74 Å². The highest BCUT2D eigenvalue weighted by atomic mass is 16.5. The standard InChI is InChI=1S/C17H26N2O/c1-2-8-20-15-5-3-4-13(9-15)10-19-11-14-6-7-17(18)16(14)12-19/h3-5,9,14,16-17H,2,6-8,10-12,18H2,1H3. The Morgan fingerprint density at radius 2 is 2.20 bits per heavy atom. The molecule has 2 N–H and O–H groups in total. The van der Waals surface area contributed by atoms with Crippen LogP contribution in [-0.2, 0) is 6.54 Å². The molecule has 1 aliphatic carbocycles. The van der Waals surface area contributed by atoms with E-state index in [1.165, 1.54) is 31.5 Å². The van der Waals surface area contributed by atoms with E-state index in [9.17, 15) is 0 Å². The van der Waals surface area contributed by atoms with E-state index in [0.717, 1.165) is 37.2 Å². The van der Waals surface area contributed by atoms with Crippen LogP contribution >= 0.6 is 0 Å². The van der Waals surface area contributed by atoms with Crippen LogP contribution in [-0.4, -0.2) is 30.6 Å². The second-order valence-electron chi connectivity index (χ2n) is 6.36. The number of nitrogens with zero attached hydrogens (tertiary/aromatic N) is 1. The summed E-state index contributed by atoms with van der Waals surface area (Å²) in [6, 6.07) is 8.97. The first-order valence-corrected chi connectivity index (χ1v) is 7.96. The van der Waals surface area contributed by atoms with E-state index in [0.29, 0.717) is 6.04 Å². The van der Waals surface area contributed by atoms with Gasteiger partial charge >= 0.3 is 0 Å². The molecule has 3 atom stereocenters. The van der Waals surface area contributed by atoms with Gasteiger partial charge in [0.25, 0.3) is 0 Å². The predicted molar refractivity (Wildman–Crippen MR) is 81.7 cm³/mol. The summed E-state index contributed by atoms with van der Waals surface area (Å²) in [6.07, 6.45) is 3.60. The van der Waals surface area contributed by atoms with Crippen molar-refractivity contribution >= 4 is 0 Å². The molecule has 1 aliphatic heterocycles. The third-order valence-electron chi connectivity index (χ3n) is 4.77. The van der Waals surface area contributed by atoms with Crippen molar-refractivity contribution in [3.63, 3.8) is 0 Å². The van der Waals surface area contributed by atoms with Crippen LogP contribution in [0.2, 0.25) is 0 Å². The molecule has 0 aromatic heterocycles. The highest BCUT2D eigenvalue weighted by Crippen LogP contribution is 2.37. The summed E-state index contributed by atoms with van der Waals surface area (Å²) in [7, 11) is 0. The van der Waals surface area contributed by atoms with Crippen molar-refractivity contribution in [1.29, 1.82) is 0 Å². The molecule has 3 nitrogen and oxygen atoms in total. The van der Waals surface area contributed by atoms with Gasteiger partial charge in [-0.1, -0.05) is 19.1 Å². The Hall–Kier alpha value is -1.06. The van der Waals surface area contributed by atoms with Crippen molar-refractivity contribution in [3.05, 3.63) is 29.8 Å². The van der Waals surface area contributed by atoms with Crippen molar-refractivity contribution in [2.75, 3.05) is 19.7 Å². The molecule has 1 aromatic carbocycles. The zero-order valence-corrected chi connectivity index (χ0v) is 12.4. The van der Waals surface area contributed by atoms with Crippen LogP contribution in [0.1, 0.15) is 31.7 Å². The molecule has 0 radical (unpaired) electrons. The Labute approximate surface area is 122 Å². The second kappa shape index (κ2) is 6.15. The summed E-state index contributed by atoms with van der Waals surface area (Å²) in [6.45, 7) is 6.36. The first-order chi connectivity index (χ1) is 9.76. The average molecular weight is 274 g/mol. The van der Waals surface area contributed by atoms with E-state index in [-0.39, 0.29) is 0 Å². The van der Waals surface area contributed by atoms with E-state index < -0.39 is 0 Å². The summed E-state index contributed by atoms with van der Waals surface area (Å²) < 4.78 is 5.71. The average Bonchev–Trinajstić information content (AvgIpc) is 2.99. The number of fused-ring (bicyclic) bond motifs is 1. The van der Waals surface area contributed by atoms with E-state index >= 15 is 0 Å². The first kappa shape index (κ1) is 13.9. The summed E-state index contributed by atoms with van der Waals surface area (Å²) in [4.78, 5) is 2.56. The third kappa shape index (κ3) is 2.99. The molecule has 0 spiro atoms. The van der Waals surface area contributed by atoms with Gasteiger partial charge in [0.05, 0.1) is 6.61 Å². The molecular weight excluding hydrogens is 248 g/mol. The van der Waals surface area contributed by atoms with Gasteiger partial charge in [-0.3, -0.25) is 4.90 Å². The molecule has 3 rings (SSSR count). The molecule has 3 unspecified atom stereocenters. The monoisotopic (exact) mass is 274 g/mol. The zero-order chi connectivity index (χ0) is 13.9. The Morgan fingerprint density at radius 3 is 3.00 bits per heavy atom. The third-order valence-corrected chi connectivity index (χ3v) is 4.77. The van der Waals surface area contributed by atoms with E-state index in [2.05, 4.69) is 30.0 Å². The van der Waals surface area contributed by atoms with Crippen LogP contribution in [0.4, 0.5) is 0 Å². The van der Waals surface area contributed by atoms with Crippen LogP contribution in [0.25, 0.3) is 0 Å². The summed E-state index contributed by atoms with van der Waals surface area (Å²) in [5.41, 5.74) is 7.56. The van der Waals surface area contributed by atoms with Gasteiger partial charge in [0.15, 0.2) is 0 Å². The maximum atomic E-state index is 6.21. The fraction of sp³-hybridized carbons (Fsp3) is 0.647. The van der Waals surface area contributed by atoms with Gasteiger partial charge < -0.3 is 10.5 Å². The minimum Gasteiger partial charge on any atom is -0.494 e. The number of benzene rings is 1. The van der Waals surface area contributed by atoms with Gasteiger partial charge in [-0.25, -0.2) is 0 Å². The van der Waals surface area contributed by atoms with Crippen LogP contribution in [0.3, 0.4) is 0 Å². The zero-order valence-electron chi connectivity index (χ0n) is 12.4. The van der Waals surface area contributed by atoms with Crippen LogP contribution in [0.15, 0.2) is 24.3 Å². The lowest BCUT2D eigenvalue weighted by atomic mass is 9.98. The molecule has 110 valence electrons. The highest BCUT2D eigenvalue weighted by Gasteiger charge is 2.40. The minimum absolute atomic E-state index is 0.434. The lowest BCUT2D eigenvalue weighted by Crippen LogP contribution is -2.30. The number of ether oxygens (including phenoxy) is 1. The first-order valence-electron chi connectivity index (χ1n) is 7.96. The number of nitrogens with two attached hydrogens (primary N) is 1. The summed E-state index contributed by atoms with van der Waals surface area (Å²) in [5.74, 6) is 2.57. The van der Waals surface area contributed by atoms with Crippen molar-refractivity contribution in [1.82, 2.24) is 4.90 Å². The van der Waals surface area contributed by atoms with Gasteiger partial charge in [-0.2, -0.15) is 0 Å². The normalized spacial score (nSPS) is 29.6. The van der Waals surface area contributed by atoms with E-state index in [1.54, 1.807) is 0 Å². The van der Waals surface area contributed by atoms with Gasteiger partial charge in [0, 0.05) is 25.7 Å². The molecular formula is C17H26N2O. The van der Waals surface area contributed by atoms with E-state index in [4.69, 9.17) is 10.5 Å². The molecule has 0 bridgehead atoms.